The number of amides is 1. The van der Waals surface area contributed by atoms with Gasteiger partial charge in [-0.15, -0.1) is 0 Å². The Balaban J connectivity index is 1.50. The topological polar surface area (TPSA) is 80.2 Å². The Kier molecular flexibility index (Phi) is 5.06. The number of fused-ring (bicyclic) bond motifs is 1. The molecule has 1 N–H and O–H groups in total. The van der Waals surface area contributed by atoms with Crippen LogP contribution in [-0.4, -0.2) is 47.1 Å². The van der Waals surface area contributed by atoms with Gasteiger partial charge in [-0.25, -0.2) is 9.97 Å². The number of nitrogens with one attached hydrogen (secondary N) is 1. The number of aryl methyl sites for hydroxylation is 1. The molecule has 3 heterocycles. The minimum Gasteiger partial charge on any atom is -0.497 e. The van der Waals surface area contributed by atoms with Crippen molar-refractivity contribution in [1.29, 1.82) is 0 Å². The molecule has 1 atom stereocenters. The first-order chi connectivity index (χ1) is 13.6. The minimum absolute atomic E-state index is 0.0519. The normalized spacial score (nSPS) is 16.8. The lowest BCUT2D eigenvalue weighted by Crippen LogP contribution is -2.48. The first-order valence-electron chi connectivity index (χ1n) is 9.42. The van der Waals surface area contributed by atoms with Crippen LogP contribution in [0.2, 0.25) is 0 Å². The summed E-state index contributed by atoms with van der Waals surface area (Å²) in [4.78, 5) is 28.3. The molecule has 28 heavy (non-hydrogen) atoms. The average Bonchev–Trinajstić information content (AvgIpc) is 2.73. The summed E-state index contributed by atoms with van der Waals surface area (Å²) in [6.07, 6.45) is 5.40. The second-order valence-corrected chi connectivity index (χ2v) is 6.99. The van der Waals surface area contributed by atoms with E-state index in [0.29, 0.717) is 23.8 Å². The van der Waals surface area contributed by atoms with E-state index in [1.54, 1.807) is 25.6 Å². The molecular weight excluding hydrogens is 354 g/mol. The molecular formula is C21H23N5O2. The highest BCUT2D eigenvalue weighted by Crippen LogP contribution is 2.22. The van der Waals surface area contributed by atoms with Crippen molar-refractivity contribution in [2.45, 2.75) is 25.8 Å². The zero-order valence-corrected chi connectivity index (χ0v) is 16.1. The average molecular weight is 377 g/mol. The summed E-state index contributed by atoms with van der Waals surface area (Å²) in [6.45, 7) is 3.46. The number of carbonyl (C=O) groups excluding carboxylic acids is 1. The number of hydrogen-bond donors (Lipinski definition) is 1. The molecule has 1 saturated heterocycles. The number of ether oxygens (including phenoxy) is 1. The highest BCUT2D eigenvalue weighted by molar-refractivity contribution is 5.99. The molecule has 7 nitrogen and oxygen atoms in total. The molecule has 1 aliphatic rings. The van der Waals surface area contributed by atoms with Gasteiger partial charge in [0.1, 0.15) is 5.75 Å². The summed E-state index contributed by atoms with van der Waals surface area (Å²) in [6, 6.07) is 9.43. The van der Waals surface area contributed by atoms with Crippen LogP contribution < -0.4 is 15.0 Å². The van der Waals surface area contributed by atoms with E-state index in [2.05, 4.69) is 25.2 Å². The fourth-order valence-electron chi connectivity index (χ4n) is 3.59. The quantitative estimate of drug-likeness (QED) is 0.753. The summed E-state index contributed by atoms with van der Waals surface area (Å²) in [5, 5.41) is 4.08. The zero-order chi connectivity index (χ0) is 19.5. The lowest BCUT2D eigenvalue weighted by atomic mass is 10.0. The van der Waals surface area contributed by atoms with E-state index in [0.717, 1.165) is 36.0 Å². The second-order valence-electron chi connectivity index (χ2n) is 6.99. The molecule has 4 rings (SSSR count). The zero-order valence-electron chi connectivity index (χ0n) is 16.1. The van der Waals surface area contributed by atoms with Gasteiger partial charge in [-0.2, -0.15) is 0 Å². The van der Waals surface area contributed by atoms with E-state index in [-0.39, 0.29) is 11.9 Å². The Morgan fingerprint density at radius 1 is 1.25 bits per heavy atom. The van der Waals surface area contributed by atoms with Crippen LogP contribution in [0.25, 0.3) is 10.9 Å². The number of nitrogens with zero attached hydrogens (tertiary/aromatic N) is 4. The van der Waals surface area contributed by atoms with Crippen molar-refractivity contribution >= 4 is 22.8 Å². The number of hydrogen-bond acceptors (Lipinski definition) is 6. The number of aromatic nitrogens is 3. The Bertz CT molecular complexity index is 993. The van der Waals surface area contributed by atoms with Gasteiger partial charge in [-0.1, -0.05) is 0 Å². The molecule has 1 aliphatic heterocycles. The first kappa shape index (κ1) is 18.2. The molecule has 0 aliphatic carbocycles. The van der Waals surface area contributed by atoms with Crippen LogP contribution >= 0.6 is 0 Å². The number of carbonyl (C=O) groups is 1. The van der Waals surface area contributed by atoms with Gasteiger partial charge in [0.05, 0.1) is 23.9 Å². The molecule has 2 aromatic heterocycles. The third-order valence-electron chi connectivity index (χ3n) is 5.05. The Morgan fingerprint density at radius 2 is 2.07 bits per heavy atom. The van der Waals surface area contributed by atoms with Crippen molar-refractivity contribution in [3.8, 4) is 5.75 Å². The molecule has 0 spiro atoms. The fourth-order valence-corrected chi connectivity index (χ4v) is 3.59. The van der Waals surface area contributed by atoms with E-state index in [9.17, 15) is 4.79 Å². The van der Waals surface area contributed by atoms with E-state index < -0.39 is 0 Å². The molecule has 0 bridgehead atoms. The smallest absolute Gasteiger partial charge is 0.253 e. The summed E-state index contributed by atoms with van der Waals surface area (Å²) < 4.78 is 5.25. The van der Waals surface area contributed by atoms with Crippen LogP contribution in [0.3, 0.4) is 0 Å². The van der Waals surface area contributed by atoms with Gasteiger partial charge in [0.25, 0.3) is 5.91 Å². The van der Waals surface area contributed by atoms with Crippen LogP contribution in [-0.2, 0) is 0 Å². The number of methoxy groups -OCH3 is 1. The lowest BCUT2D eigenvalue weighted by Gasteiger charge is -2.33. The maximum atomic E-state index is 12.9. The molecule has 1 fully saturated rings. The van der Waals surface area contributed by atoms with E-state index in [1.165, 1.54) is 0 Å². The van der Waals surface area contributed by atoms with Gasteiger partial charge < -0.3 is 15.0 Å². The Labute approximate surface area is 163 Å². The molecule has 1 amide bonds. The number of anilines is 1. The summed E-state index contributed by atoms with van der Waals surface area (Å²) >= 11 is 0. The standard InChI is InChI=1S/C21H23N5O2/c1-14-18(11-15-6-7-17(28-2)12-19(15)24-14)20(27)25-16-5-3-10-26(13-16)21-22-8-4-9-23-21/h4,6-9,11-12,16H,3,5,10,13H2,1-2H3,(H,25,27)/t16-/m1/s1. The molecule has 0 saturated carbocycles. The van der Waals surface area contributed by atoms with Crippen molar-refractivity contribution in [3.63, 3.8) is 0 Å². The van der Waals surface area contributed by atoms with Crippen LogP contribution in [0.15, 0.2) is 42.7 Å². The summed E-state index contributed by atoms with van der Waals surface area (Å²) in [5.41, 5.74) is 2.13. The van der Waals surface area contributed by atoms with Gasteiger partial charge in [-0.05, 0) is 44.0 Å². The number of pyridine rings is 1. The molecule has 3 aromatic rings. The van der Waals surface area contributed by atoms with Gasteiger partial charge in [-0.3, -0.25) is 9.78 Å². The van der Waals surface area contributed by atoms with Crippen LogP contribution in [0.4, 0.5) is 5.95 Å². The number of piperidine rings is 1. The lowest BCUT2D eigenvalue weighted by molar-refractivity contribution is 0.0932. The number of benzene rings is 1. The molecule has 144 valence electrons. The monoisotopic (exact) mass is 377 g/mol. The first-order valence-corrected chi connectivity index (χ1v) is 9.42. The molecule has 0 unspecified atom stereocenters. The molecule has 1 aromatic carbocycles. The highest BCUT2D eigenvalue weighted by Gasteiger charge is 2.24. The van der Waals surface area contributed by atoms with E-state index in [1.807, 2.05) is 31.2 Å². The van der Waals surface area contributed by atoms with Gasteiger partial charge >= 0.3 is 0 Å². The van der Waals surface area contributed by atoms with Gasteiger partial charge in [0.2, 0.25) is 5.95 Å². The maximum absolute atomic E-state index is 12.9. The Morgan fingerprint density at radius 3 is 2.86 bits per heavy atom. The van der Waals surface area contributed by atoms with Gasteiger partial charge in [0, 0.05) is 43.0 Å². The van der Waals surface area contributed by atoms with Crippen LogP contribution in [0.1, 0.15) is 28.9 Å². The third-order valence-corrected chi connectivity index (χ3v) is 5.05. The Hall–Kier alpha value is -3.22. The number of rotatable bonds is 4. The fraction of sp³-hybridized carbons (Fsp3) is 0.333. The molecule has 0 radical (unpaired) electrons. The van der Waals surface area contributed by atoms with Crippen molar-refractivity contribution in [3.05, 3.63) is 54.0 Å². The van der Waals surface area contributed by atoms with E-state index in [4.69, 9.17) is 4.74 Å². The third kappa shape index (κ3) is 3.74. The molecule has 7 heteroatoms. The largest absolute Gasteiger partial charge is 0.497 e. The minimum atomic E-state index is -0.0939. The van der Waals surface area contributed by atoms with Crippen molar-refractivity contribution in [2.75, 3.05) is 25.1 Å². The summed E-state index contributed by atoms with van der Waals surface area (Å²) in [5.74, 6) is 1.37. The second kappa shape index (κ2) is 7.80. The van der Waals surface area contributed by atoms with Gasteiger partial charge in [0.15, 0.2) is 0 Å². The SMILES string of the molecule is COc1ccc2cc(C(=O)N[C@@H]3CCCN(c4ncccn4)C3)c(C)nc2c1. The summed E-state index contributed by atoms with van der Waals surface area (Å²) in [7, 11) is 1.63. The predicted octanol–water partition coefficient (Wildman–Crippen LogP) is 2.74. The van der Waals surface area contributed by atoms with Crippen LogP contribution in [0.5, 0.6) is 5.75 Å². The predicted molar refractivity (Wildman–Crippen MR) is 108 cm³/mol. The van der Waals surface area contributed by atoms with Crippen LogP contribution in [0, 0.1) is 6.92 Å². The highest BCUT2D eigenvalue weighted by atomic mass is 16.5. The van der Waals surface area contributed by atoms with Crippen molar-refractivity contribution < 1.29 is 9.53 Å². The van der Waals surface area contributed by atoms with Crippen molar-refractivity contribution in [1.82, 2.24) is 20.3 Å². The van der Waals surface area contributed by atoms with Crippen molar-refractivity contribution in [2.24, 2.45) is 0 Å². The van der Waals surface area contributed by atoms with E-state index >= 15 is 0 Å². The maximum Gasteiger partial charge on any atom is 0.253 e.